The second-order valence-corrected chi connectivity index (χ2v) is 8.05. The standard InChI is InChI=1S/C21H23N3O4S/c1-3-10-28-18-14-11-12(8-9-16(14)29-19(18)21(26)27-2)22-20(25)17-13-6-4-5-7-15(13)23-24-17/h8-9,11H,3-7,10H2,1-2H3,(H,22,25)(H,23,24). The number of ether oxygens (including phenoxy) is 2. The van der Waals surface area contributed by atoms with Gasteiger partial charge < -0.3 is 14.8 Å². The molecule has 29 heavy (non-hydrogen) atoms. The summed E-state index contributed by atoms with van der Waals surface area (Å²) < 4.78 is 11.6. The SMILES string of the molecule is CCCOc1c(C(=O)OC)sc2ccc(NC(=O)c3n[nH]c4c3CCCC4)cc12. The van der Waals surface area contributed by atoms with E-state index in [1.165, 1.54) is 18.4 Å². The molecule has 1 aliphatic rings. The number of aryl methyl sites for hydroxylation is 1. The van der Waals surface area contributed by atoms with E-state index < -0.39 is 5.97 Å². The maximum absolute atomic E-state index is 12.8. The number of carbonyl (C=O) groups is 2. The van der Waals surface area contributed by atoms with E-state index in [2.05, 4.69) is 15.5 Å². The van der Waals surface area contributed by atoms with Gasteiger partial charge in [-0.05, 0) is 50.3 Å². The number of amides is 1. The molecule has 0 spiro atoms. The van der Waals surface area contributed by atoms with Crippen LogP contribution in [0.4, 0.5) is 5.69 Å². The maximum atomic E-state index is 12.8. The van der Waals surface area contributed by atoms with E-state index in [0.717, 1.165) is 53.4 Å². The molecule has 0 fully saturated rings. The summed E-state index contributed by atoms with van der Waals surface area (Å²) in [5, 5.41) is 10.9. The fourth-order valence-corrected chi connectivity index (χ4v) is 4.63. The zero-order valence-electron chi connectivity index (χ0n) is 16.5. The number of aromatic nitrogens is 2. The van der Waals surface area contributed by atoms with Crippen molar-refractivity contribution in [3.8, 4) is 5.75 Å². The van der Waals surface area contributed by atoms with E-state index in [9.17, 15) is 9.59 Å². The smallest absolute Gasteiger partial charge is 0.351 e. The molecule has 2 aromatic heterocycles. The van der Waals surface area contributed by atoms with E-state index in [0.29, 0.717) is 28.6 Å². The summed E-state index contributed by atoms with van der Waals surface area (Å²) >= 11 is 1.32. The summed E-state index contributed by atoms with van der Waals surface area (Å²) in [4.78, 5) is 25.4. The average Bonchev–Trinajstić information content (AvgIpc) is 3.33. The monoisotopic (exact) mass is 413 g/mol. The molecule has 0 aliphatic heterocycles. The van der Waals surface area contributed by atoms with Crippen LogP contribution in [0.15, 0.2) is 18.2 Å². The highest BCUT2D eigenvalue weighted by atomic mass is 32.1. The molecule has 1 amide bonds. The minimum absolute atomic E-state index is 0.233. The fraction of sp³-hybridized carbons (Fsp3) is 0.381. The van der Waals surface area contributed by atoms with E-state index >= 15 is 0 Å². The second kappa shape index (κ2) is 8.24. The topological polar surface area (TPSA) is 93.3 Å². The molecule has 2 heterocycles. The number of fused-ring (bicyclic) bond motifs is 2. The van der Waals surface area contributed by atoms with Crippen molar-refractivity contribution in [2.24, 2.45) is 0 Å². The molecular weight excluding hydrogens is 390 g/mol. The van der Waals surface area contributed by atoms with Crippen LogP contribution in [0.25, 0.3) is 10.1 Å². The number of carbonyl (C=O) groups excluding carboxylic acids is 2. The van der Waals surface area contributed by atoms with Gasteiger partial charge >= 0.3 is 5.97 Å². The lowest BCUT2D eigenvalue weighted by Crippen LogP contribution is -2.15. The normalized spacial score (nSPS) is 13.2. The highest BCUT2D eigenvalue weighted by Crippen LogP contribution is 2.40. The molecule has 0 saturated carbocycles. The van der Waals surface area contributed by atoms with Crippen molar-refractivity contribution in [3.05, 3.63) is 40.0 Å². The Morgan fingerprint density at radius 1 is 1.28 bits per heavy atom. The molecule has 0 atom stereocenters. The van der Waals surface area contributed by atoms with Crippen LogP contribution in [-0.2, 0) is 17.6 Å². The van der Waals surface area contributed by atoms with Gasteiger partial charge in [0, 0.05) is 27.0 Å². The first-order valence-corrected chi connectivity index (χ1v) is 10.6. The van der Waals surface area contributed by atoms with Gasteiger partial charge in [-0.15, -0.1) is 11.3 Å². The summed E-state index contributed by atoms with van der Waals surface area (Å²) in [7, 11) is 1.35. The van der Waals surface area contributed by atoms with Gasteiger partial charge in [-0.25, -0.2) is 4.79 Å². The Labute approximate surface area is 172 Å². The van der Waals surface area contributed by atoms with Gasteiger partial charge in [-0.3, -0.25) is 9.89 Å². The summed E-state index contributed by atoms with van der Waals surface area (Å²) in [6.45, 7) is 2.49. The van der Waals surface area contributed by atoms with Crippen molar-refractivity contribution in [3.63, 3.8) is 0 Å². The lowest BCUT2D eigenvalue weighted by atomic mass is 9.96. The molecule has 0 saturated heterocycles. The van der Waals surface area contributed by atoms with Crippen LogP contribution in [-0.4, -0.2) is 35.8 Å². The van der Waals surface area contributed by atoms with E-state index in [1.807, 2.05) is 25.1 Å². The number of esters is 1. The van der Waals surface area contributed by atoms with Gasteiger partial charge in [0.2, 0.25) is 0 Å². The maximum Gasteiger partial charge on any atom is 0.351 e. The summed E-state index contributed by atoms with van der Waals surface area (Å²) in [5.41, 5.74) is 3.17. The number of thiophene rings is 1. The Balaban J connectivity index is 1.65. The Morgan fingerprint density at radius 3 is 2.90 bits per heavy atom. The summed E-state index contributed by atoms with van der Waals surface area (Å²) in [6.07, 6.45) is 4.81. The highest BCUT2D eigenvalue weighted by molar-refractivity contribution is 7.21. The van der Waals surface area contributed by atoms with Gasteiger partial charge in [0.05, 0.1) is 13.7 Å². The first kappa shape index (κ1) is 19.4. The summed E-state index contributed by atoms with van der Waals surface area (Å²) in [6, 6.07) is 5.53. The molecule has 4 rings (SSSR count). The molecule has 152 valence electrons. The first-order chi connectivity index (χ1) is 14.1. The molecule has 0 unspecified atom stereocenters. The van der Waals surface area contributed by atoms with E-state index in [1.54, 1.807) is 0 Å². The van der Waals surface area contributed by atoms with Gasteiger partial charge in [-0.1, -0.05) is 6.92 Å². The first-order valence-electron chi connectivity index (χ1n) is 9.77. The molecule has 7 nitrogen and oxygen atoms in total. The van der Waals surface area contributed by atoms with Crippen molar-refractivity contribution < 1.29 is 19.1 Å². The molecule has 2 N–H and O–H groups in total. The third-order valence-corrected chi connectivity index (χ3v) is 6.13. The van der Waals surface area contributed by atoms with Crippen LogP contribution in [0, 0.1) is 0 Å². The van der Waals surface area contributed by atoms with Crippen molar-refractivity contribution in [1.82, 2.24) is 10.2 Å². The quantitative estimate of drug-likeness (QED) is 0.587. The number of anilines is 1. The number of aromatic amines is 1. The Bertz CT molecular complexity index is 1070. The predicted molar refractivity (Wildman–Crippen MR) is 112 cm³/mol. The number of benzene rings is 1. The number of nitrogens with one attached hydrogen (secondary N) is 2. The Morgan fingerprint density at radius 2 is 2.10 bits per heavy atom. The minimum atomic E-state index is -0.425. The molecule has 8 heteroatoms. The van der Waals surface area contributed by atoms with Gasteiger partial charge in [0.25, 0.3) is 5.91 Å². The predicted octanol–water partition coefficient (Wildman–Crippen LogP) is 4.33. The fourth-order valence-electron chi connectivity index (χ4n) is 3.59. The molecule has 1 aliphatic carbocycles. The largest absolute Gasteiger partial charge is 0.491 e. The Kier molecular flexibility index (Phi) is 5.53. The van der Waals surface area contributed by atoms with Crippen molar-refractivity contribution >= 4 is 39.0 Å². The van der Waals surface area contributed by atoms with E-state index in [-0.39, 0.29) is 5.91 Å². The number of hydrogen-bond acceptors (Lipinski definition) is 6. The summed E-state index contributed by atoms with van der Waals surface area (Å²) in [5.74, 6) is -0.152. The van der Waals surface area contributed by atoms with Gasteiger partial charge in [0.15, 0.2) is 16.3 Å². The van der Waals surface area contributed by atoms with Gasteiger partial charge in [-0.2, -0.15) is 5.10 Å². The minimum Gasteiger partial charge on any atom is -0.491 e. The lowest BCUT2D eigenvalue weighted by molar-refractivity contribution is 0.0602. The zero-order chi connectivity index (χ0) is 20.4. The molecular formula is C21H23N3O4S. The van der Waals surface area contributed by atoms with Crippen molar-refractivity contribution in [1.29, 1.82) is 0 Å². The highest BCUT2D eigenvalue weighted by Gasteiger charge is 2.23. The number of hydrogen-bond donors (Lipinski definition) is 2. The average molecular weight is 413 g/mol. The van der Waals surface area contributed by atoms with E-state index in [4.69, 9.17) is 9.47 Å². The Hall–Kier alpha value is -2.87. The third-order valence-electron chi connectivity index (χ3n) is 4.99. The zero-order valence-corrected chi connectivity index (χ0v) is 17.3. The van der Waals surface area contributed by atoms with Crippen molar-refractivity contribution in [2.45, 2.75) is 39.0 Å². The molecule has 0 radical (unpaired) electrons. The third kappa shape index (κ3) is 3.72. The van der Waals surface area contributed by atoms with Crippen molar-refractivity contribution in [2.75, 3.05) is 19.0 Å². The van der Waals surface area contributed by atoms with Crippen LogP contribution in [0.2, 0.25) is 0 Å². The second-order valence-electron chi connectivity index (χ2n) is 7.00. The molecule has 1 aromatic carbocycles. The van der Waals surface area contributed by atoms with Crippen LogP contribution >= 0.6 is 11.3 Å². The van der Waals surface area contributed by atoms with Crippen LogP contribution in [0.1, 0.15) is 57.6 Å². The van der Waals surface area contributed by atoms with Crippen LogP contribution < -0.4 is 10.1 Å². The number of H-pyrrole nitrogens is 1. The van der Waals surface area contributed by atoms with Gasteiger partial charge in [0.1, 0.15) is 0 Å². The van der Waals surface area contributed by atoms with Crippen LogP contribution in [0.3, 0.4) is 0 Å². The lowest BCUT2D eigenvalue weighted by Gasteiger charge is -2.11. The number of nitrogens with zero attached hydrogens (tertiary/aromatic N) is 1. The number of methoxy groups -OCH3 is 1. The molecule has 0 bridgehead atoms. The molecule has 3 aromatic rings. The number of rotatable bonds is 6. The van der Waals surface area contributed by atoms with Crippen LogP contribution in [0.5, 0.6) is 5.75 Å².